The first-order chi connectivity index (χ1) is 8.44. The Morgan fingerprint density at radius 1 is 1.28 bits per heavy atom. The maximum absolute atomic E-state index is 11.9. The molecule has 102 valence electrons. The summed E-state index contributed by atoms with van der Waals surface area (Å²) < 4.78 is 40.3. The standard InChI is InChI=1S/C12H17F3N2O/c1-2-17(7-8-18-9-12(13,14)15)11-6-4-3-5-10(11)16/h3-6H,2,7-9,16H2,1H3. The molecule has 0 bridgehead atoms. The molecule has 0 unspecified atom stereocenters. The summed E-state index contributed by atoms with van der Waals surface area (Å²) in [4.78, 5) is 1.88. The van der Waals surface area contributed by atoms with Crippen molar-refractivity contribution in [3.63, 3.8) is 0 Å². The van der Waals surface area contributed by atoms with E-state index in [1.165, 1.54) is 0 Å². The van der Waals surface area contributed by atoms with Crippen molar-refractivity contribution in [1.82, 2.24) is 0 Å². The number of para-hydroxylation sites is 2. The van der Waals surface area contributed by atoms with E-state index in [9.17, 15) is 13.2 Å². The lowest BCUT2D eigenvalue weighted by Crippen LogP contribution is -2.29. The van der Waals surface area contributed by atoms with E-state index in [2.05, 4.69) is 4.74 Å². The first-order valence-electron chi connectivity index (χ1n) is 5.68. The molecule has 0 radical (unpaired) electrons. The van der Waals surface area contributed by atoms with Crippen LogP contribution in [0, 0.1) is 0 Å². The molecule has 2 N–H and O–H groups in total. The summed E-state index contributed by atoms with van der Waals surface area (Å²) in [6, 6.07) is 7.24. The van der Waals surface area contributed by atoms with Crippen molar-refractivity contribution in [2.75, 3.05) is 36.9 Å². The van der Waals surface area contributed by atoms with Crippen molar-refractivity contribution in [1.29, 1.82) is 0 Å². The van der Waals surface area contributed by atoms with E-state index in [1.54, 1.807) is 6.07 Å². The zero-order valence-electron chi connectivity index (χ0n) is 10.2. The molecule has 0 heterocycles. The van der Waals surface area contributed by atoms with E-state index in [0.717, 1.165) is 5.69 Å². The summed E-state index contributed by atoms with van der Waals surface area (Å²) >= 11 is 0. The Morgan fingerprint density at radius 3 is 2.50 bits per heavy atom. The van der Waals surface area contributed by atoms with Gasteiger partial charge in [0.15, 0.2) is 0 Å². The molecule has 1 aromatic rings. The number of halogens is 3. The van der Waals surface area contributed by atoms with Crippen molar-refractivity contribution in [3.05, 3.63) is 24.3 Å². The van der Waals surface area contributed by atoms with Gasteiger partial charge >= 0.3 is 6.18 Å². The predicted octanol–water partition coefficient (Wildman–Crippen LogP) is 2.67. The van der Waals surface area contributed by atoms with E-state index in [-0.39, 0.29) is 6.61 Å². The number of rotatable bonds is 6. The van der Waals surface area contributed by atoms with E-state index < -0.39 is 12.8 Å². The number of anilines is 2. The van der Waals surface area contributed by atoms with E-state index in [0.29, 0.717) is 18.8 Å². The van der Waals surface area contributed by atoms with Crippen molar-refractivity contribution < 1.29 is 17.9 Å². The maximum Gasteiger partial charge on any atom is 0.411 e. The van der Waals surface area contributed by atoms with Gasteiger partial charge < -0.3 is 15.4 Å². The van der Waals surface area contributed by atoms with Crippen LogP contribution < -0.4 is 10.6 Å². The van der Waals surface area contributed by atoms with Crippen molar-refractivity contribution in [2.24, 2.45) is 0 Å². The Labute approximate surface area is 104 Å². The van der Waals surface area contributed by atoms with Crippen LogP contribution in [0.4, 0.5) is 24.5 Å². The average molecular weight is 262 g/mol. The molecular weight excluding hydrogens is 245 g/mol. The Hall–Kier alpha value is -1.43. The van der Waals surface area contributed by atoms with Crippen LogP contribution in [-0.4, -0.2) is 32.5 Å². The van der Waals surface area contributed by atoms with Gasteiger partial charge in [-0.3, -0.25) is 0 Å². The van der Waals surface area contributed by atoms with Crippen LogP contribution in [-0.2, 0) is 4.74 Å². The van der Waals surface area contributed by atoms with Crippen LogP contribution in [0.1, 0.15) is 6.92 Å². The number of nitrogens with zero attached hydrogens (tertiary/aromatic N) is 1. The van der Waals surface area contributed by atoms with E-state index in [1.807, 2.05) is 30.0 Å². The van der Waals surface area contributed by atoms with Gasteiger partial charge in [0.2, 0.25) is 0 Å². The van der Waals surface area contributed by atoms with Gasteiger partial charge in [-0.1, -0.05) is 12.1 Å². The van der Waals surface area contributed by atoms with Crippen molar-refractivity contribution >= 4 is 11.4 Å². The third-order valence-corrected chi connectivity index (χ3v) is 2.43. The summed E-state index contributed by atoms with van der Waals surface area (Å²) in [6.45, 7) is 1.75. The highest BCUT2D eigenvalue weighted by Crippen LogP contribution is 2.22. The maximum atomic E-state index is 11.9. The molecule has 1 rings (SSSR count). The van der Waals surface area contributed by atoms with Crippen LogP contribution in [0.3, 0.4) is 0 Å². The van der Waals surface area contributed by atoms with Crippen molar-refractivity contribution in [3.8, 4) is 0 Å². The quantitative estimate of drug-likeness (QED) is 0.632. The average Bonchev–Trinajstić information content (AvgIpc) is 2.29. The fraction of sp³-hybridized carbons (Fsp3) is 0.500. The number of hydrogen-bond donors (Lipinski definition) is 1. The second-order valence-electron chi connectivity index (χ2n) is 3.81. The number of alkyl halides is 3. The fourth-order valence-electron chi connectivity index (χ4n) is 1.59. The van der Waals surface area contributed by atoms with Gasteiger partial charge in [0.1, 0.15) is 6.61 Å². The lowest BCUT2D eigenvalue weighted by Gasteiger charge is -2.24. The normalized spacial score (nSPS) is 11.6. The molecule has 0 saturated carbocycles. The molecule has 0 fully saturated rings. The molecule has 0 spiro atoms. The van der Waals surface area contributed by atoms with Crippen LogP contribution in [0.25, 0.3) is 0 Å². The fourth-order valence-corrected chi connectivity index (χ4v) is 1.59. The van der Waals surface area contributed by atoms with Crippen LogP contribution in [0.2, 0.25) is 0 Å². The largest absolute Gasteiger partial charge is 0.411 e. The molecule has 0 aliphatic heterocycles. The Balaban J connectivity index is 2.46. The van der Waals surface area contributed by atoms with E-state index >= 15 is 0 Å². The minimum Gasteiger partial charge on any atom is -0.397 e. The Morgan fingerprint density at radius 2 is 1.94 bits per heavy atom. The zero-order valence-corrected chi connectivity index (χ0v) is 10.2. The number of nitrogens with two attached hydrogens (primary N) is 1. The molecule has 0 amide bonds. The SMILES string of the molecule is CCN(CCOCC(F)(F)F)c1ccccc1N. The van der Waals surface area contributed by atoms with E-state index in [4.69, 9.17) is 5.73 Å². The minimum absolute atomic E-state index is 0.0156. The smallest absolute Gasteiger partial charge is 0.397 e. The predicted molar refractivity (Wildman–Crippen MR) is 65.6 cm³/mol. The lowest BCUT2D eigenvalue weighted by molar-refractivity contribution is -0.173. The van der Waals surface area contributed by atoms with Gasteiger partial charge in [-0.15, -0.1) is 0 Å². The third-order valence-electron chi connectivity index (χ3n) is 2.43. The van der Waals surface area contributed by atoms with Crippen molar-refractivity contribution in [2.45, 2.75) is 13.1 Å². The number of likely N-dealkylation sites (N-methyl/N-ethyl adjacent to an activating group) is 1. The number of nitrogen functional groups attached to an aromatic ring is 1. The molecule has 6 heteroatoms. The molecule has 0 aliphatic carbocycles. The van der Waals surface area contributed by atoms with Gasteiger partial charge in [-0.25, -0.2) is 0 Å². The first kappa shape index (κ1) is 14.6. The van der Waals surface area contributed by atoms with Crippen LogP contribution in [0.5, 0.6) is 0 Å². The lowest BCUT2D eigenvalue weighted by atomic mass is 10.2. The molecule has 18 heavy (non-hydrogen) atoms. The number of ether oxygens (including phenoxy) is 1. The summed E-state index contributed by atoms with van der Waals surface area (Å²) in [5.74, 6) is 0. The molecule has 0 atom stereocenters. The highest BCUT2D eigenvalue weighted by atomic mass is 19.4. The Bertz CT molecular complexity index is 369. The summed E-state index contributed by atoms with van der Waals surface area (Å²) in [5.41, 5.74) is 7.23. The van der Waals surface area contributed by atoms with Gasteiger partial charge in [-0.05, 0) is 19.1 Å². The Kier molecular flexibility index (Phi) is 5.27. The minimum atomic E-state index is -4.27. The molecule has 0 aliphatic rings. The molecule has 1 aromatic carbocycles. The molecular formula is C12H17F3N2O. The second-order valence-corrected chi connectivity index (χ2v) is 3.81. The second kappa shape index (κ2) is 6.49. The van der Waals surface area contributed by atoms with Gasteiger partial charge in [0, 0.05) is 13.1 Å². The summed E-state index contributed by atoms with van der Waals surface area (Å²) in [6.07, 6.45) is -4.27. The summed E-state index contributed by atoms with van der Waals surface area (Å²) in [5, 5.41) is 0. The number of hydrogen-bond acceptors (Lipinski definition) is 3. The highest BCUT2D eigenvalue weighted by molar-refractivity contribution is 5.67. The zero-order chi connectivity index (χ0) is 13.6. The molecule has 0 saturated heterocycles. The summed E-state index contributed by atoms with van der Waals surface area (Å²) in [7, 11) is 0. The van der Waals surface area contributed by atoms with Gasteiger partial charge in [0.25, 0.3) is 0 Å². The topological polar surface area (TPSA) is 38.5 Å². The molecule has 0 aromatic heterocycles. The number of benzene rings is 1. The monoisotopic (exact) mass is 262 g/mol. The highest BCUT2D eigenvalue weighted by Gasteiger charge is 2.27. The van der Waals surface area contributed by atoms with Gasteiger partial charge in [0.05, 0.1) is 18.0 Å². The first-order valence-corrected chi connectivity index (χ1v) is 5.68. The van der Waals surface area contributed by atoms with Crippen LogP contribution in [0.15, 0.2) is 24.3 Å². The molecule has 3 nitrogen and oxygen atoms in total. The third kappa shape index (κ3) is 4.83. The van der Waals surface area contributed by atoms with Gasteiger partial charge in [-0.2, -0.15) is 13.2 Å². The van der Waals surface area contributed by atoms with Crippen LogP contribution >= 0.6 is 0 Å².